The van der Waals surface area contributed by atoms with Crippen molar-refractivity contribution in [2.45, 2.75) is 36.4 Å². The van der Waals surface area contributed by atoms with Crippen molar-refractivity contribution in [2.24, 2.45) is 5.73 Å². The molecule has 78 valence electrons. The lowest BCUT2D eigenvalue weighted by Gasteiger charge is -2.43. The van der Waals surface area contributed by atoms with Crippen molar-refractivity contribution in [2.75, 3.05) is 6.61 Å². The molecule has 1 aliphatic rings. The highest BCUT2D eigenvalue weighted by atomic mass is 16.4. The molecule has 5 atom stereocenters. The smallest absolute Gasteiger partial charge is 0.119 e. The van der Waals surface area contributed by atoms with Crippen molar-refractivity contribution >= 4 is 0 Å². The average Bonchev–Trinajstić information content (AvgIpc) is 2.12. The van der Waals surface area contributed by atoms with E-state index in [1.165, 1.54) is 0 Å². The van der Waals surface area contributed by atoms with Gasteiger partial charge in [-0.1, -0.05) is 0 Å². The van der Waals surface area contributed by atoms with Crippen LogP contribution in [0.5, 0.6) is 0 Å². The van der Waals surface area contributed by atoms with Gasteiger partial charge in [0.1, 0.15) is 17.8 Å². The van der Waals surface area contributed by atoms with Crippen LogP contribution < -0.4 is 5.73 Å². The lowest BCUT2D eigenvalue weighted by atomic mass is 9.77. The Balaban J connectivity index is 2.82. The second kappa shape index (κ2) is 3.49. The van der Waals surface area contributed by atoms with Gasteiger partial charge in [-0.25, -0.2) is 0 Å². The van der Waals surface area contributed by atoms with Gasteiger partial charge in [-0.05, 0) is 0 Å². The Morgan fingerprint density at radius 1 is 1.31 bits per heavy atom. The Kier molecular flexibility index (Phi) is 2.91. The fraction of sp³-hybridized carbons (Fsp3) is 1.00. The van der Waals surface area contributed by atoms with Crippen molar-refractivity contribution < 1.29 is 25.5 Å². The summed E-state index contributed by atoms with van der Waals surface area (Å²) in [4.78, 5) is 0. The lowest BCUT2D eigenvalue weighted by Crippen LogP contribution is -2.66. The van der Waals surface area contributed by atoms with E-state index in [1.54, 1.807) is 0 Å². The van der Waals surface area contributed by atoms with Crippen LogP contribution >= 0.6 is 0 Å². The molecule has 1 rings (SSSR count). The van der Waals surface area contributed by atoms with Crippen LogP contribution in [0.15, 0.2) is 0 Å². The van der Waals surface area contributed by atoms with Crippen LogP contribution in [0.4, 0.5) is 0 Å². The van der Waals surface area contributed by atoms with E-state index in [0.29, 0.717) is 0 Å². The SMILES string of the molecule is N[C@H]1[C@H](O)[C@@H](O)[C@](O)(CO)C[C@H]1O. The fourth-order valence-electron chi connectivity index (χ4n) is 1.53. The summed E-state index contributed by atoms with van der Waals surface area (Å²) in [6, 6.07) is -0.998. The third-order valence-electron chi connectivity index (χ3n) is 2.55. The molecule has 0 saturated heterocycles. The van der Waals surface area contributed by atoms with Crippen LogP contribution in [0.25, 0.3) is 0 Å². The number of hydrogen-bond donors (Lipinski definition) is 6. The minimum atomic E-state index is -1.87. The molecule has 7 N–H and O–H groups in total. The summed E-state index contributed by atoms with van der Waals surface area (Å²) < 4.78 is 0. The van der Waals surface area contributed by atoms with Crippen LogP contribution in [-0.4, -0.2) is 62.1 Å². The third-order valence-corrected chi connectivity index (χ3v) is 2.55. The molecule has 1 saturated carbocycles. The van der Waals surface area contributed by atoms with Crippen molar-refractivity contribution in [3.63, 3.8) is 0 Å². The fourth-order valence-corrected chi connectivity index (χ4v) is 1.53. The van der Waals surface area contributed by atoms with Gasteiger partial charge in [-0.15, -0.1) is 0 Å². The summed E-state index contributed by atoms with van der Waals surface area (Å²) in [7, 11) is 0. The first-order chi connectivity index (χ1) is 5.92. The monoisotopic (exact) mass is 193 g/mol. The molecule has 0 aliphatic heterocycles. The predicted octanol–water partition coefficient (Wildman–Crippen LogP) is -3.48. The Hall–Kier alpha value is -0.240. The summed E-state index contributed by atoms with van der Waals surface area (Å²) in [6.45, 7) is -0.727. The quantitative estimate of drug-likeness (QED) is 0.257. The number of aliphatic hydroxyl groups excluding tert-OH is 4. The Morgan fingerprint density at radius 3 is 2.31 bits per heavy atom. The number of rotatable bonds is 1. The molecular weight excluding hydrogens is 178 g/mol. The number of hydrogen-bond acceptors (Lipinski definition) is 6. The summed E-state index contributed by atoms with van der Waals surface area (Å²) >= 11 is 0. The van der Waals surface area contributed by atoms with Gasteiger partial charge in [-0.2, -0.15) is 0 Å². The van der Waals surface area contributed by atoms with Gasteiger partial charge < -0.3 is 31.3 Å². The highest BCUT2D eigenvalue weighted by Crippen LogP contribution is 2.28. The summed E-state index contributed by atoms with van der Waals surface area (Å²) in [5.41, 5.74) is 3.47. The van der Waals surface area contributed by atoms with Crippen molar-refractivity contribution in [1.82, 2.24) is 0 Å². The number of aliphatic hydroxyl groups is 5. The molecule has 1 aliphatic carbocycles. The lowest BCUT2D eigenvalue weighted by molar-refractivity contribution is -0.197. The minimum Gasteiger partial charge on any atom is -0.393 e. The van der Waals surface area contributed by atoms with E-state index in [4.69, 9.17) is 10.8 Å². The largest absolute Gasteiger partial charge is 0.393 e. The minimum absolute atomic E-state index is 0.247. The van der Waals surface area contributed by atoms with Gasteiger partial charge in [0.25, 0.3) is 0 Å². The van der Waals surface area contributed by atoms with Gasteiger partial charge in [0.05, 0.1) is 18.8 Å². The van der Waals surface area contributed by atoms with Crippen molar-refractivity contribution in [3.05, 3.63) is 0 Å². The van der Waals surface area contributed by atoms with Gasteiger partial charge in [-0.3, -0.25) is 0 Å². The normalized spacial score (nSPS) is 52.2. The van der Waals surface area contributed by atoms with E-state index >= 15 is 0 Å². The average molecular weight is 193 g/mol. The molecule has 0 radical (unpaired) electrons. The molecule has 13 heavy (non-hydrogen) atoms. The molecule has 0 aromatic heterocycles. The zero-order valence-corrected chi connectivity index (χ0v) is 7.04. The van der Waals surface area contributed by atoms with Crippen LogP contribution in [0.3, 0.4) is 0 Å². The summed E-state index contributed by atoms with van der Waals surface area (Å²) in [5.74, 6) is 0. The van der Waals surface area contributed by atoms with Crippen molar-refractivity contribution in [3.8, 4) is 0 Å². The summed E-state index contributed by atoms with van der Waals surface area (Å²) in [6.07, 6.45) is -4.34. The standard InChI is InChI=1S/C7H15NO5/c8-4-3(10)1-7(13,2-9)6(12)5(4)11/h3-6,9-13H,1-2,8H2/t3-,4-,5+,6-,7-/m1/s1. The first-order valence-corrected chi connectivity index (χ1v) is 4.05. The van der Waals surface area contributed by atoms with E-state index in [1.807, 2.05) is 0 Å². The van der Waals surface area contributed by atoms with Crippen LogP contribution in [0.1, 0.15) is 6.42 Å². The molecule has 6 nitrogen and oxygen atoms in total. The highest BCUT2D eigenvalue weighted by Gasteiger charge is 2.49. The van der Waals surface area contributed by atoms with Gasteiger partial charge in [0.2, 0.25) is 0 Å². The molecule has 0 spiro atoms. The molecule has 0 heterocycles. The molecular formula is C7H15NO5. The molecule has 0 aromatic rings. The second-order valence-corrected chi connectivity index (χ2v) is 3.55. The molecule has 0 bridgehead atoms. The molecule has 1 fully saturated rings. The highest BCUT2D eigenvalue weighted by molar-refractivity contribution is 5.03. The van der Waals surface area contributed by atoms with Crippen LogP contribution in [0.2, 0.25) is 0 Å². The third kappa shape index (κ3) is 1.69. The van der Waals surface area contributed by atoms with E-state index in [9.17, 15) is 20.4 Å². The van der Waals surface area contributed by atoms with E-state index < -0.39 is 36.6 Å². The maximum atomic E-state index is 9.53. The van der Waals surface area contributed by atoms with Crippen molar-refractivity contribution in [1.29, 1.82) is 0 Å². The van der Waals surface area contributed by atoms with Gasteiger partial charge in [0, 0.05) is 6.42 Å². The first kappa shape index (κ1) is 10.8. The second-order valence-electron chi connectivity index (χ2n) is 3.55. The predicted molar refractivity (Wildman–Crippen MR) is 42.6 cm³/mol. The zero-order valence-electron chi connectivity index (χ0n) is 7.04. The summed E-state index contributed by atoms with van der Waals surface area (Å²) in [5, 5.41) is 46.2. The maximum Gasteiger partial charge on any atom is 0.119 e. The number of nitrogens with two attached hydrogens (primary N) is 1. The van der Waals surface area contributed by atoms with Crippen LogP contribution in [-0.2, 0) is 0 Å². The first-order valence-electron chi connectivity index (χ1n) is 4.05. The van der Waals surface area contributed by atoms with E-state index in [-0.39, 0.29) is 6.42 Å². The topological polar surface area (TPSA) is 127 Å². The molecule has 0 unspecified atom stereocenters. The Labute approximate surface area is 75.2 Å². The van der Waals surface area contributed by atoms with Crippen LogP contribution in [0, 0.1) is 0 Å². The molecule has 0 amide bonds. The molecule has 6 heteroatoms. The van der Waals surface area contributed by atoms with Gasteiger partial charge in [0.15, 0.2) is 0 Å². The maximum absolute atomic E-state index is 9.53. The zero-order chi connectivity index (χ0) is 10.2. The Bertz CT molecular complexity index is 190. The molecule has 0 aromatic carbocycles. The van der Waals surface area contributed by atoms with E-state index in [2.05, 4.69) is 0 Å². The van der Waals surface area contributed by atoms with E-state index in [0.717, 1.165) is 0 Å². The van der Waals surface area contributed by atoms with Gasteiger partial charge >= 0.3 is 0 Å². The Morgan fingerprint density at radius 2 is 1.85 bits per heavy atom.